The number of fused-ring (bicyclic) bond motifs is 2. The number of methoxy groups -OCH3 is 1. The van der Waals surface area contributed by atoms with E-state index in [2.05, 4.69) is 4.84 Å². The summed E-state index contributed by atoms with van der Waals surface area (Å²) in [5.74, 6) is 0. The van der Waals surface area contributed by atoms with E-state index in [1.54, 1.807) is 7.11 Å². The number of rotatable bonds is 18. The van der Waals surface area contributed by atoms with Crippen LogP contribution in [0.4, 0.5) is 0 Å². The summed E-state index contributed by atoms with van der Waals surface area (Å²) in [6, 6.07) is 2.31. The summed E-state index contributed by atoms with van der Waals surface area (Å²) in [4.78, 5) is 64.8. The fourth-order valence-electron chi connectivity index (χ4n) is 3.56. The van der Waals surface area contributed by atoms with Crippen molar-refractivity contribution >= 4 is 21.5 Å². The molecule has 0 aliphatic rings. The quantitative estimate of drug-likeness (QED) is 0.110. The Labute approximate surface area is 208 Å². The molecule has 0 unspecified atom stereocenters. The van der Waals surface area contributed by atoms with Crippen LogP contribution < -0.4 is 22.2 Å². The first-order valence-electron chi connectivity index (χ1n) is 11.3. The average molecular weight is 525 g/mol. The molecule has 3 aromatic rings. The molecule has 37 heavy (non-hydrogen) atoms. The molecule has 0 radical (unpaired) electrons. The zero-order valence-corrected chi connectivity index (χ0v) is 20.2. The van der Waals surface area contributed by atoms with Crippen LogP contribution in [0.2, 0.25) is 0 Å². The molecule has 0 aliphatic carbocycles. The Balaban J connectivity index is 1.48. The van der Waals surface area contributed by atoms with Crippen molar-refractivity contribution in [2.45, 2.75) is 13.3 Å². The third-order valence-electron chi connectivity index (χ3n) is 5.36. The van der Waals surface area contributed by atoms with Crippen LogP contribution in [0.5, 0.6) is 0 Å². The fourth-order valence-corrected chi connectivity index (χ4v) is 3.56. The predicted molar refractivity (Wildman–Crippen MR) is 128 cm³/mol. The SMILES string of the molecule is COCCOCCOCCOCCOCCn1c(=O)c2cc3c(=O)n(CO[N+](=O)[O-])c(=O)c3cc2c1=O. The number of benzene rings is 1. The first-order chi connectivity index (χ1) is 17.9. The molecular formula is C22H27N3O12. The molecule has 1 aromatic carbocycles. The van der Waals surface area contributed by atoms with Gasteiger partial charge in [0.15, 0.2) is 6.73 Å². The van der Waals surface area contributed by atoms with Gasteiger partial charge in [-0.2, -0.15) is 0 Å². The first-order valence-corrected chi connectivity index (χ1v) is 11.3. The van der Waals surface area contributed by atoms with Crippen LogP contribution in [0.1, 0.15) is 0 Å². The highest BCUT2D eigenvalue weighted by Crippen LogP contribution is 2.14. The Hall–Kier alpha value is -3.50. The second-order valence-corrected chi connectivity index (χ2v) is 7.67. The monoisotopic (exact) mass is 525 g/mol. The van der Waals surface area contributed by atoms with Gasteiger partial charge in [-0.05, 0) is 12.1 Å². The largest absolute Gasteiger partial charge is 0.382 e. The summed E-state index contributed by atoms with van der Waals surface area (Å²) in [6.45, 7) is 2.41. The van der Waals surface area contributed by atoms with Crippen LogP contribution >= 0.6 is 0 Å². The van der Waals surface area contributed by atoms with E-state index in [1.807, 2.05) is 0 Å². The van der Waals surface area contributed by atoms with Crippen molar-refractivity contribution in [3.8, 4) is 0 Å². The minimum atomic E-state index is -1.14. The smallest absolute Gasteiger partial charge is 0.296 e. The lowest BCUT2D eigenvalue weighted by molar-refractivity contribution is -0.767. The third-order valence-corrected chi connectivity index (χ3v) is 5.36. The number of ether oxygens (including phenoxy) is 5. The zero-order valence-electron chi connectivity index (χ0n) is 20.2. The second kappa shape index (κ2) is 13.7. The van der Waals surface area contributed by atoms with Crippen molar-refractivity contribution in [3.05, 3.63) is 63.7 Å². The second-order valence-electron chi connectivity index (χ2n) is 7.67. The topological polar surface area (TPSA) is 177 Å². The van der Waals surface area contributed by atoms with E-state index in [-0.39, 0.29) is 41.3 Å². The molecular weight excluding hydrogens is 498 g/mol. The lowest BCUT2D eigenvalue weighted by Gasteiger charge is -2.07. The molecule has 0 bridgehead atoms. The van der Waals surface area contributed by atoms with Crippen LogP contribution in [0, 0.1) is 10.1 Å². The normalized spacial score (nSPS) is 11.6. The van der Waals surface area contributed by atoms with E-state index in [4.69, 9.17) is 23.7 Å². The van der Waals surface area contributed by atoms with Crippen LogP contribution in [0.25, 0.3) is 21.5 Å². The van der Waals surface area contributed by atoms with Gasteiger partial charge in [0.1, 0.15) is 0 Å². The molecule has 2 heterocycles. The number of hydrogen-bond acceptors (Lipinski definition) is 12. The Bertz CT molecular complexity index is 1320. The fraction of sp³-hybridized carbons (Fsp3) is 0.545. The Morgan fingerprint density at radius 1 is 0.649 bits per heavy atom. The highest BCUT2D eigenvalue weighted by Gasteiger charge is 2.19. The maximum Gasteiger partial charge on any atom is 0.296 e. The molecule has 0 aliphatic heterocycles. The van der Waals surface area contributed by atoms with Crippen molar-refractivity contribution in [1.29, 1.82) is 0 Å². The molecule has 0 spiro atoms. The maximum absolute atomic E-state index is 12.7. The molecule has 0 N–H and O–H groups in total. The molecule has 0 saturated heterocycles. The highest BCUT2D eigenvalue weighted by molar-refractivity contribution is 5.97. The zero-order chi connectivity index (χ0) is 26.8. The third kappa shape index (κ3) is 7.05. The van der Waals surface area contributed by atoms with E-state index in [1.165, 1.54) is 0 Å². The van der Waals surface area contributed by atoms with Crippen molar-refractivity contribution in [1.82, 2.24) is 9.13 Å². The highest BCUT2D eigenvalue weighted by atomic mass is 17.0. The van der Waals surface area contributed by atoms with Gasteiger partial charge in [-0.15, -0.1) is 10.1 Å². The first kappa shape index (κ1) is 28.1. The number of nitrogens with zero attached hydrogens (tertiary/aromatic N) is 3. The minimum Gasteiger partial charge on any atom is -0.382 e. The van der Waals surface area contributed by atoms with Crippen molar-refractivity contribution in [2.24, 2.45) is 0 Å². The Morgan fingerprint density at radius 2 is 1.03 bits per heavy atom. The van der Waals surface area contributed by atoms with Gasteiger partial charge >= 0.3 is 0 Å². The lowest BCUT2D eigenvalue weighted by Crippen LogP contribution is -2.28. The molecule has 2 aromatic heterocycles. The van der Waals surface area contributed by atoms with Crippen molar-refractivity contribution in [3.63, 3.8) is 0 Å². The Morgan fingerprint density at radius 3 is 1.43 bits per heavy atom. The van der Waals surface area contributed by atoms with Gasteiger partial charge in [0.05, 0.1) is 87.6 Å². The lowest BCUT2D eigenvalue weighted by atomic mass is 10.1. The van der Waals surface area contributed by atoms with Gasteiger partial charge < -0.3 is 23.7 Å². The molecule has 0 fully saturated rings. The van der Waals surface area contributed by atoms with Gasteiger partial charge in [0.25, 0.3) is 27.3 Å². The summed E-state index contributed by atoms with van der Waals surface area (Å²) in [7, 11) is 1.60. The summed E-state index contributed by atoms with van der Waals surface area (Å²) < 4.78 is 27.7. The standard InChI is InChI=1S/C22H27N3O12/c1-32-4-5-34-8-9-36-11-10-35-7-6-33-3-2-23-19(26)15-12-17-18(13-16(15)20(23)27)22(29)24(21(17)28)14-37-25(30)31/h12-13H,2-11,14H2,1H3. The van der Waals surface area contributed by atoms with E-state index in [0.29, 0.717) is 50.8 Å². The summed E-state index contributed by atoms with van der Waals surface area (Å²) in [5.41, 5.74) is -2.97. The van der Waals surface area contributed by atoms with Gasteiger partial charge in [-0.25, -0.2) is 4.57 Å². The van der Waals surface area contributed by atoms with E-state index >= 15 is 0 Å². The summed E-state index contributed by atoms with van der Waals surface area (Å²) in [5, 5.41) is 8.92. The molecule has 0 amide bonds. The van der Waals surface area contributed by atoms with Crippen LogP contribution in [-0.2, 0) is 41.8 Å². The van der Waals surface area contributed by atoms with Gasteiger partial charge in [0, 0.05) is 7.11 Å². The van der Waals surface area contributed by atoms with Crippen molar-refractivity contribution in [2.75, 3.05) is 66.6 Å². The molecule has 202 valence electrons. The summed E-state index contributed by atoms with van der Waals surface area (Å²) >= 11 is 0. The molecule has 15 nitrogen and oxygen atoms in total. The predicted octanol–water partition coefficient (Wildman–Crippen LogP) is -1.21. The molecule has 0 saturated carbocycles. The maximum atomic E-state index is 12.7. The average Bonchev–Trinajstić information content (AvgIpc) is 3.25. The summed E-state index contributed by atoms with van der Waals surface area (Å²) in [6.07, 6.45) is 0. The number of aromatic nitrogens is 2. The van der Waals surface area contributed by atoms with Crippen LogP contribution in [0.15, 0.2) is 31.3 Å². The van der Waals surface area contributed by atoms with Crippen LogP contribution in [-0.4, -0.2) is 80.8 Å². The Kier molecular flexibility index (Phi) is 10.4. The van der Waals surface area contributed by atoms with Crippen LogP contribution in [0.3, 0.4) is 0 Å². The van der Waals surface area contributed by atoms with E-state index < -0.39 is 34.1 Å². The number of hydrogen-bond donors (Lipinski definition) is 0. The van der Waals surface area contributed by atoms with Gasteiger partial charge in [0.2, 0.25) is 0 Å². The molecule has 15 heteroatoms. The van der Waals surface area contributed by atoms with Crippen molar-refractivity contribution < 1.29 is 33.6 Å². The van der Waals surface area contributed by atoms with Gasteiger partial charge in [-0.1, -0.05) is 0 Å². The van der Waals surface area contributed by atoms with E-state index in [9.17, 15) is 29.3 Å². The molecule has 0 atom stereocenters. The molecule has 3 rings (SSSR count). The van der Waals surface area contributed by atoms with E-state index in [0.717, 1.165) is 16.7 Å². The van der Waals surface area contributed by atoms with Gasteiger partial charge in [-0.3, -0.25) is 28.6 Å². The minimum absolute atomic E-state index is 0.0330.